The highest BCUT2D eigenvalue weighted by Crippen LogP contribution is 2.41. The molecule has 7 heteroatoms. The molecule has 0 radical (unpaired) electrons. The van der Waals surface area contributed by atoms with Gasteiger partial charge in [0, 0.05) is 14.5 Å². The molecule has 0 unspecified atom stereocenters. The van der Waals surface area contributed by atoms with Gasteiger partial charge in [-0.3, -0.25) is 0 Å². The van der Waals surface area contributed by atoms with Crippen molar-refractivity contribution in [2.75, 3.05) is 13.2 Å². The molecule has 134 valence electrons. The first kappa shape index (κ1) is 17.7. The van der Waals surface area contributed by atoms with E-state index in [4.69, 9.17) is 18.8 Å². The van der Waals surface area contributed by atoms with E-state index in [0.717, 1.165) is 9.65 Å². The minimum Gasteiger partial charge on any atom is -0.399 e. The smallest absolute Gasteiger partial charge is 0.399 e. The number of thiophene rings is 2. The van der Waals surface area contributed by atoms with Gasteiger partial charge in [-0.2, -0.15) is 0 Å². The number of hydrogen-bond acceptors (Lipinski definition) is 6. The first-order chi connectivity index (χ1) is 11.7. The maximum Gasteiger partial charge on any atom is 0.505 e. The summed E-state index contributed by atoms with van der Waals surface area (Å²) in [7, 11) is -0.304. The van der Waals surface area contributed by atoms with Crippen LogP contribution in [0.2, 0.25) is 0 Å². The van der Waals surface area contributed by atoms with Crippen LogP contribution >= 0.6 is 22.7 Å². The maximum atomic E-state index is 6.15. The average molecular weight is 378 g/mol. The van der Waals surface area contributed by atoms with Crippen molar-refractivity contribution in [2.24, 2.45) is 0 Å². The van der Waals surface area contributed by atoms with Crippen LogP contribution in [0.3, 0.4) is 0 Å². The van der Waals surface area contributed by atoms with Crippen molar-refractivity contribution in [1.29, 1.82) is 0 Å². The maximum absolute atomic E-state index is 6.15. The van der Waals surface area contributed by atoms with Crippen LogP contribution in [0.25, 0.3) is 9.75 Å². The molecule has 0 atom stereocenters. The third-order valence-electron chi connectivity index (χ3n) is 5.25. The highest BCUT2D eigenvalue weighted by molar-refractivity contribution is 7.28. The van der Waals surface area contributed by atoms with Gasteiger partial charge in [-0.15, -0.1) is 22.7 Å². The molecule has 0 spiro atoms. The molecule has 2 aliphatic heterocycles. The fourth-order valence-corrected chi connectivity index (χ4v) is 5.06. The van der Waals surface area contributed by atoms with E-state index in [2.05, 4.69) is 52.0 Å². The van der Waals surface area contributed by atoms with Crippen molar-refractivity contribution < 1.29 is 18.8 Å². The summed E-state index contributed by atoms with van der Waals surface area (Å²) >= 11 is 3.43. The second kappa shape index (κ2) is 5.91. The van der Waals surface area contributed by atoms with Crippen molar-refractivity contribution in [3.63, 3.8) is 0 Å². The second-order valence-electron chi connectivity index (χ2n) is 7.60. The normalized spacial score (nSPS) is 24.1. The Bertz CT molecular complexity index is 758. The Balaban J connectivity index is 1.56. The Morgan fingerprint density at radius 1 is 0.800 bits per heavy atom. The van der Waals surface area contributed by atoms with E-state index in [1.807, 2.05) is 6.92 Å². The molecule has 4 rings (SSSR count). The Hall–Kier alpha value is -0.695. The van der Waals surface area contributed by atoms with Crippen LogP contribution in [0, 0.1) is 0 Å². The summed E-state index contributed by atoms with van der Waals surface area (Å²) < 4.78 is 24.9. The lowest BCUT2D eigenvalue weighted by atomic mass is 9.88. The lowest BCUT2D eigenvalue weighted by Crippen LogP contribution is -2.41. The van der Waals surface area contributed by atoms with Crippen LogP contribution in [0.1, 0.15) is 39.5 Å². The molecule has 0 N–H and O–H groups in total. The van der Waals surface area contributed by atoms with Crippen LogP contribution in [0.5, 0.6) is 0 Å². The first-order valence-corrected chi connectivity index (χ1v) is 10.2. The first-order valence-electron chi connectivity index (χ1n) is 8.54. The Morgan fingerprint density at radius 3 is 2.00 bits per heavy atom. The van der Waals surface area contributed by atoms with Crippen molar-refractivity contribution in [3.8, 4) is 9.75 Å². The number of rotatable bonds is 3. The van der Waals surface area contributed by atoms with Gasteiger partial charge < -0.3 is 18.8 Å². The summed E-state index contributed by atoms with van der Waals surface area (Å²) in [5.41, 5.74) is -0.632. The zero-order valence-electron chi connectivity index (χ0n) is 15.3. The molecular formula is C18H23BO4S2. The molecule has 2 fully saturated rings. The third-order valence-corrected chi connectivity index (χ3v) is 7.82. The zero-order valence-corrected chi connectivity index (χ0v) is 16.9. The van der Waals surface area contributed by atoms with Crippen LogP contribution in [0.15, 0.2) is 24.3 Å². The summed E-state index contributed by atoms with van der Waals surface area (Å²) in [5.74, 6) is -0.602. The van der Waals surface area contributed by atoms with Gasteiger partial charge in [-0.05, 0) is 52.8 Å². The highest BCUT2D eigenvalue weighted by Gasteiger charge is 2.52. The van der Waals surface area contributed by atoms with Crippen molar-refractivity contribution in [2.45, 2.75) is 51.6 Å². The monoisotopic (exact) mass is 378 g/mol. The minimum absolute atomic E-state index is 0.304. The molecule has 0 aliphatic carbocycles. The van der Waals surface area contributed by atoms with E-state index in [1.165, 1.54) is 9.75 Å². The van der Waals surface area contributed by atoms with E-state index >= 15 is 0 Å². The summed E-state index contributed by atoms with van der Waals surface area (Å²) in [6.07, 6.45) is 0. The van der Waals surface area contributed by atoms with Gasteiger partial charge in [0.25, 0.3) is 0 Å². The largest absolute Gasteiger partial charge is 0.505 e. The van der Waals surface area contributed by atoms with E-state index in [9.17, 15) is 0 Å². The zero-order chi connectivity index (χ0) is 17.9. The molecule has 0 aromatic carbocycles. The second-order valence-corrected chi connectivity index (χ2v) is 9.80. The molecule has 25 heavy (non-hydrogen) atoms. The molecule has 0 amide bonds. The molecule has 2 aromatic rings. The van der Waals surface area contributed by atoms with Crippen molar-refractivity contribution in [3.05, 3.63) is 29.1 Å². The van der Waals surface area contributed by atoms with E-state index in [1.54, 1.807) is 22.7 Å². The highest BCUT2D eigenvalue weighted by atomic mass is 32.1. The van der Waals surface area contributed by atoms with Crippen LogP contribution < -0.4 is 4.78 Å². The molecule has 2 saturated heterocycles. The van der Waals surface area contributed by atoms with Crippen molar-refractivity contribution in [1.82, 2.24) is 0 Å². The molecule has 4 nitrogen and oxygen atoms in total. The quantitative estimate of drug-likeness (QED) is 0.757. The molecular weight excluding hydrogens is 355 g/mol. The lowest BCUT2D eigenvalue weighted by Gasteiger charge is -2.32. The third kappa shape index (κ3) is 3.01. The number of hydrogen-bond donors (Lipinski definition) is 0. The van der Waals surface area contributed by atoms with Gasteiger partial charge in [0.05, 0.1) is 29.3 Å². The molecule has 0 saturated carbocycles. The predicted octanol–water partition coefficient (Wildman–Crippen LogP) is 4.00. The fraction of sp³-hybridized carbons (Fsp3) is 0.556. The standard InChI is InChI=1S/C18H23BO4S2/c1-16(2)17(3,4)23-19(22-16)15-9-7-13(25-15)12-6-8-14(24-12)18(5)20-10-11-21-18/h6-9H,10-11H2,1-5H3. The summed E-state index contributed by atoms with van der Waals surface area (Å²) in [6, 6.07) is 8.47. The SMILES string of the molecule is CC1(c2ccc(-c3ccc(B4OC(C)(C)C(C)(C)O4)s3)s2)OCCO1. The van der Waals surface area contributed by atoms with Gasteiger partial charge in [0.2, 0.25) is 5.79 Å². The Kier molecular flexibility index (Phi) is 4.18. The lowest BCUT2D eigenvalue weighted by molar-refractivity contribution is -0.146. The van der Waals surface area contributed by atoms with Gasteiger partial charge in [-0.1, -0.05) is 6.07 Å². The van der Waals surface area contributed by atoms with Crippen molar-refractivity contribution >= 4 is 34.6 Å². The van der Waals surface area contributed by atoms with Crippen LogP contribution in [-0.4, -0.2) is 31.5 Å². The van der Waals surface area contributed by atoms with Crippen LogP contribution in [-0.2, 0) is 24.6 Å². The predicted molar refractivity (Wildman–Crippen MR) is 103 cm³/mol. The van der Waals surface area contributed by atoms with Gasteiger partial charge in [-0.25, -0.2) is 0 Å². The van der Waals surface area contributed by atoms with Gasteiger partial charge in [0.1, 0.15) is 0 Å². The summed E-state index contributed by atoms with van der Waals surface area (Å²) in [6.45, 7) is 11.6. The van der Waals surface area contributed by atoms with E-state index < -0.39 is 5.79 Å². The van der Waals surface area contributed by atoms with Gasteiger partial charge in [0.15, 0.2) is 0 Å². The summed E-state index contributed by atoms with van der Waals surface area (Å²) in [5, 5.41) is 0. The fourth-order valence-electron chi connectivity index (χ4n) is 2.94. The summed E-state index contributed by atoms with van der Waals surface area (Å²) in [4.78, 5) is 3.52. The topological polar surface area (TPSA) is 36.9 Å². The Labute approximate surface area is 157 Å². The Morgan fingerprint density at radius 2 is 1.36 bits per heavy atom. The minimum atomic E-state index is -0.602. The van der Waals surface area contributed by atoms with E-state index in [0.29, 0.717) is 13.2 Å². The average Bonchev–Trinajstić information content (AvgIpc) is 3.27. The van der Waals surface area contributed by atoms with Crippen LogP contribution in [0.4, 0.5) is 0 Å². The molecule has 4 heterocycles. The molecule has 2 aromatic heterocycles. The number of ether oxygens (including phenoxy) is 2. The van der Waals surface area contributed by atoms with E-state index in [-0.39, 0.29) is 18.3 Å². The molecule has 2 aliphatic rings. The molecule has 0 bridgehead atoms. The van der Waals surface area contributed by atoms with Gasteiger partial charge >= 0.3 is 7.12 Å².